The molecule has 0 bridgehead atoms. The lowest BCUT2D eigenvalue weighted by Crippen LogP contribution is -2.42. The number of imidazole rings is 1. The molecule has 0 amide bonds. The van der Waals surface area contributed by atoms with E-state index in [0.29, 0.717) is 6.54 Å². The van der Waals surface area contributed by atoms with Gasteiger partial charge in [-0.1, -0.05) is 55.7 Å². The van der Waals surface area contributed by atoms with Gasteiger partial charge in [0, 0.05) is 25.2 Å². The van der Waals surface area contributed by atoms with E-state index in [0.717, 1.165) is 22.6 Å². The Morgan fingerprint density at radius 3 is 2.27 bits per heavy atom. The van der Waals surface area contributed by atoms with Crippen LogP contribution in [0.3, 0.4) is 0 Å². The number of carbonyl (C=O) groups excluding carboxylic acids is 1. The zero-order valence-electron chi connectivity index (χ0n) is 18.8. The second kappa shape index (κ2) is 8.66. The highest BCUT2D eigenvalue weighted by atomic mass is 16.1. The number of hydrogen-bond acceptors (Lipinski definition) is 3. The fraction of sp³-hybridized carbons (Fsp3) is 0.320. The molecular weight excluding hydrogens is 372 g/mol. The summed E-state index contributed by atoms with van der Waals surface area (Å²) in [6.45, 7) is 8.23. The van der Waals surface area contributed by atoms with Crippen molar-refractivity contribution in [2.45, 2.75) is 34.2 Å². The molecule has 1 heterocycles. The molecule has 3 rings (SSSR count). The lowest BCUT2D eigenvalue weighted by atomic mass is 9.91. The van der Waals surface area contributed by atoms with Crippen LogP contribution >= 0.6 is 0 Å². The molecule has 0 saturated carbocycles. The van der Waals surface area contributed by atoms with E-state index in [4.69, 9.17) is 0 Å². The summed E-state index contributed by atoms with van der Waals surface area (Å²) < 4.78 is 3.81. The third-order valence-electron chi connectivity index (χ3n) is 5.08. The normalized spacial score (nSPS) is 11.8. The molecule has 0 saturated heterocycles. The van der Waals surface area contributed by atoms with Crippen molar-refractivity contribution in [3.05, 3.63) is 72.1 Å². The van der Waals surface area contributed by atoms with E-state index in [1.54, 1.807) is 0 Å². The lowest BCUT2D eigenvalue weighted by molar-refractivity contribution is -0.673. The maximum atomic E-state index is 12.7. The Labute approximate surface area is 179 Å². The summed E-state index contributed by atoms with van der Waals surface area (Å²) >= 11 is 0. The molecule has 3 aromatic rings. The minimum atomic E-state index is -0.392. The van der Waals surface area contributed by atoms with Crippen LogP contribution in [0, 0.1) is 12.3 Å². The Kier molecular flexibility index (Phi) is 6.20. The predicted octanol–water partition coefficient (Wildman–Crippen LogP) is 4.31. The molecule has 5 heteroatoms. The molecular formula is C25H31N4O+. The standard InChI is InChI=1S/C25H31N4O/c1-19-7-11-21(12-8-19)24-28(18-23(30)25(2,3)4)15-16-29(24)26-17-20-9-13-22(14-10-20)27(5)6/h7-17H,18H2,1-6H3/q+1. The van der Waals surface area contributed by atoms with Crippen LogP contribution in [0.5, 0.6) is 0 Å². The van der Waals surface area contributed by atoms with E-state index in [-0.39, 0.29) is 5.78 Å². The number of ketones is 1. The first-order valence-corrected chi connectivity index (χ1v) is 10.2. The minimum absolute atomic E-state index is 0.182. The Morgan fingerprint density at radius 1 is 1.07 bits per heavy atom. The van der Waals surface area contributed by atoms with Crippen LogP contribution in [0.1, 0.15) is 31.9 Å². The fourth-order valence-electron chi connectivity index (χ4n) is 3.02. The summed E-state index contributed by atoms with van der Waals surface area (Å²) in [4.78, 5) is 14.7. The van der Waals surface area contributed by atoms with Crippen LogP contribution in [0.15, 0.2) is 66.0 Å². The summed E-state index contributed by atoms with van der Waals surface area (Å²) in [5.41, 5.74) is 3.98. The maximum absolute atomic E-state index is 12.7. The van der Waals surface area contributed by atoms with Gasteiger partial charge in [-0.3, -0.25) is 4.79 Å². The number of rotatable bonds is 6. The Morgan fingerprint density at radius 2 is 1.70 bits per heavy atom. The summed E-state index contributed by atoms with van der Waals surface area (Å²) in [5.74, 6) is 1.07. The Hall–Kier alpha value is -3.21. The summed E-state index contributed by atoms with van der Waals surface area (Å²) in [6, 6.07) is 16.5. The molecule has 2 aromatic carbocycles. The molecule has 0 aliphatic heterocycles. The third kappa shape index (κ3) is 5.03. The highest BCUT2D eigenvalue weighted by molar-refractivity contribution is 5.82. The molecule has 0 radical (unpaired) electrons. The van der Waals surface area contributed by atoms with Gasteiger partial charge in [-0.05, 0) is 36.8 Å². The lowest BCUT2D eigenvalue weighted by Gasteiger charge is -2.15. The van der Waals surface area contributed by atoms with E-state index in [9.17, 15) is 4.79 Å². The van der Waals surface area contributed by atoms with E-state index < -0.39 is 5.41 Å². The SMILES string of the molecule is Cc1ccc(-c2n(N=Cc3ccc(N(C)C)cc3)cc[n+]2CC(=O)C(C)(C)C)cc1. The van der Waals surface area contributed by atoms with Gasteiger partial charge in [0.15, 0.2) is 12.0 Å². The molecule has 0 aliphatic carbocycles. The number of hydrogen-bond donors (Lipinski definition) is 0. The molecule has 0 unspecified atom stereocenters. The first-order valence-electron chi connectivity index (χ1n) is 10.2. The summed E-state index contributed by atoms with van der Waals surface area (Å²) in [5, 5.41) is 4.69. The number of benzene rings is 2. The highest BCUT2D eigenvalue weighted by Crippen LogP contribution is 2.19. The monoisotopic (exact) mass is 403 g/mol. The molecule has 156 valence electrons. The van der Waals surface area contributed by atoms with Gasteiger partial charge in [0.1, 0.15) is 12.7 Å². The predicted molar refractivity (Wildman–Crippen MR) is 123 cm³/mol. The number of anilines is 1. The van der Waals surface area contributed by atoms with Crippen molar-refractivity contribution in [2.24, 2.45) is 10.5 Å². The topological polar surface area (TPSA) is 41.5 Å². The maximum Gasteiger partial charge on any atom is 0.314 e. The van der Waals surface area contributed by atoms with E-state index in [1.165, 1.54) is 5.56 Å². The van der Waals surface area contributed by atoms with Crippen molar-refractivity contribution in [2.75, 3.05) is 19.0 Å². The first kappa shape index (κ1) is 21.5. The van der Waals surface area contributed by atoms with Gasteiger partial charge in [-0.25, -0.2) is 4.57 Å². The zero-order valence-corrected chi connectivity index (χ0v) is 18.8. The van der Waals surface area contributed by atoms with E-state index in [1.807, 2.05) is 74.9 Å². The number of carbonyl (C=O) groups is 1. The molecule has 0 aliphatic rings. The van der Waals surface area contributed by atoms with Crippen molar-refractivity contribution in [1.82, 2.24) is 4.68 Å². The smallest absolute Gasteiger partial charge is 0.314 e. The molecule has 5 nitrogen and oxygen atoms in total. The van der Waals surface area contributed by atoms with E-state index >= 15 is 0 Å². The molecule has 0 fully saturated rings. The van der Waals surface area contributed by atoms with Crippen LogP contribution in [-0.4, -0.2) is 30.8 Å². The first-order chi connectivity index (χ1) is 14.1. The molecule has 1 aromatic heterocycles. The quantitative estimate of drug-likeness (QED) is 0.454. The van der Waals surface area contributed by atoms with Crippen molar-refractivity contribution in [1.29, 1.82) is 0 Å². The van der Waals surface area contributed by atoms with Gasteiger partial charge < -0.3 is 4.90 Å². The van der Waals surface area contributed by atoms with E-state index in [2.05, 4.69) is 53.3 Å². The second-order valence-electron chi connectivity index (χ2n) is 8.86. The van der Waals surface area contributed by atoms with Crippen molar-refractivity contribution < 1.29 is 9.36 Å². The number of aryl methyl sites for hydroxylation is 1. The zero-order chi connectivity index (χ0) is 21.9. The third-order valence-corrected chi connectivity index (χ3v) is 5.08. The van der Waals surface area contributed by atoms with Crippen LogP contribution in [-0.2, 0) is 11.3 Å². The highest BCUT2D eigenvalue weighted by Gasteiger charge is 2.27. The van der Waals surface area contributed by atoms with Crippen molar-refractivity contribution in [3.8, 4) is 11.4 Å². The van der Waals surface area contributed by atoms with Crippen molar-refractivity contribution in [3.63, 3.8) is 0 Å². The van der Waals surface area contributed by atoms with Crippen LogP contribution in [0.25, 0.3) is 11.4 Å². The fourth-order valence-corrected chi connectivity index (χ4v) is 3.02. The minimum Gasteiger partial charge on any atom is -0.378 e. The van der Waals surface area contributed by atoms with Crippen molar-refractivity contribution >= 4 is 17.7 Å². The van der Waals surface area contributed by atoms with Gasteiger partial charge in [-0.2, -0.15) is 0 Å². The van der Waals surface area contributed by atoms with Gasteiger partial charge in [-0.15, -0.1) is 4.68 Å². The van der Waals surface area contributed by atoms with Gasteiger partial charge in [0.2, 0.25) is 0 Å². The summed E-state index contributed by atoms with van der Waals surface area (Å²) in [7, 11) is 4.04. The summed E-state index contributed by atoms with van der Waals surface area (Å²) in [6.07, 6.45) is 5.66. The average molecular weight is 404 g/mol. The van der Waals surface area contributed by atoms with Gasteiger partial charge in [0.25, 0.3) is 0 Å². The van der Waals surface area contributed by atoms with Gasteiger partial charge in [0.05, 0.1) is 11.8 Å². The Balaban J connectivity index is 1.97. The molecule has 0 atom stereocenters. The Bertz CT molecular complexity index is 1040. The van der Waals surface area contributed by atoms with Crippen LogP contribution in [0.2, 0.25) is 0 Å². The largest absolute Gasteiger partial charge is 0.378 e. The number of Topliss-reactive ketones (excluding diaryl/α,β-unsaturated/α-hetero) is 1. The number of nitrogens with zero attached hydrogens (tertiary/aromatic N) is 4. The number of aromatic nitrogens is 2. The molecule has 0 spiro atoms. The van der Waals surface area contributed by atoms with Gasteiger partial charge >= 0.3 is 5.82 Å². The van der Waals surface area contributed by atoms with Crippen LogP contribution in [0.4, 0.5) is 5.69 Å². The molecule has 30 heavy (non-hydrogen) atoms. The molecule has 0 N–H and O–H groups in total. The van der Waals surface area contributed by atoms with Crippen LogP contribution < -0.4 is 9.47 Å². The average Bonchev–Trinajstić information content (AvgIpc) is 3.09. The second-order valence-corrected chi connectivity index (χ2v) is 8.86.